The zero-order valence-corrected chi connectivity index (χ0v) is 11.0. The summed E-state index contributed by atoms with van der Waals surface area (Å²) in [4.78, 5) is 15.8. The number of rotatable bonds is 3. The fourth-order valence-corrected chi connectivity index (χ4v) is 1.77. The largest absolute Gasteiger partial charge is 0.443 e. The summed E-state index contributed by atoms with van der Waals surface area (Å²) in [6.07, 6.45) is 1.20. The molecule has 0 atom stereocenters. The predicted octanol–water partition coefficient (Wildman–Crippen LogP) is 3.45. The van der Waals surface area contributed by atoms with Crippen molar-refractivity contribution < 1.29 is 9.53 Å². The highest BCUT2D eigenvalue weighted by Gasteiger charge is 2.08. The van der Waals surface area contributed by atoms with E-state index in [0.717, 1.165) is 22.5 Å². The molecule has 0 unspecified atom stereocenters. The summed E-state index contributed by atoms with van der Waals surface area (Å²) >= 11 is 0. The molecule has 0 aliphatic heterocycles. The summed E-state index contributed by atoms with van der Waals surface area (Å²) in [5.41, 5.74) is 3.54. The van der Waals surface area contributed by atoms with Gasteiger partial charge in [-0.1, -0.05) is 24.3 Å². The zero-order valence-electron chi connectivity index (χ0n) is 11.0. The van der Waals surface area contributed by atoms with Crippen molar-refractivity contribution in [2.45, 2.75) is 20.5 Å². The molecule has 0 aliphatic rings. The molecule has 98 valence electrons. The molecule has 0 saturated carbocycles. The third kappa shape index (κ3) is 3.55. The van der Waals surface area contributed by atoms with Crippen LogP contribution >= 0.6 is 0 Å². The maximum Gasteiger partial charge on any atom is 0.412 e. The van der Waals surface area contributed by atoms with E-state index in [1.165, 1.54) is 0 Å². The van der Waals surface area contributed by atoms with Crippen LogP contribution in [-0.4, -0.2) is 11.1 Å². The molecule has 0 aliphatic carbocycles. The van der Waals surface area contributed by atoms with Gasteiger partial charge in [0.05, 0.1) is 5.69 Å². The van der Waals surface area contributed by atoms with Gasteiger partial charge in [0.25, 0.3) is 0 Å². The Morgan fingerprint density at radius 3 is 2.53 bits per heavy atom. The minimum Gasteiger partial charge on any atom is -0.443 e. The van der Waals surface area contributed by atoms with Crippen LogP contribution in [0, 0.1) is 13.8 Å². The summed E-state index contributed by atoms with van der Waals surface area (Å²) in [6.45, 7) is 4.06. The van der Waals surface area contributed by atoms with Crippen LogP contribution in [0.15, 0.2) is 42.6 Å². The maximum absolute atomic E-state index is 11.7. The van der Waals surface area contributed by atoms with Crippen molar-refractivity contribution in [3.8, 4) is 0 Å². The van der Waals surface area contributed by atoms with E-state index in [1.54, 1.807) is 6.20 Å². The number of nitrogens with zero attached hydrogens (tertiary/aromatic N) is 1. The predicted molar refractivity (Wildman–Crippen MR) is 74.0 cm³/mol. The van der Waals surface area contributed by atoms with Crippen molar-refractivity contribution in [2.24, 2.45) is 0 Å². The molecule has 0 spiro atoms. The number of anilines is 1. The number of benzene rings is 1. The van der Waals surface area contributed by atoms with Gasteiger partial charge in [0.15, 0.2) is 0 Å². The maximum atomic E-state index is 11.7. The van der Waals surface area contributed by atoms with Gasteiger partial charge < -0.3 is 4.74 Å². The van der Waals surface area contributed by atoms with Gasteiger partial charge in [-0.05, 0) is 37.1 Å². The Balaban J connectivity index is 1.95. The van der Waals surface area contributed by atoms with Gasteiger partial charge in [-0.3, -0.25) is 10.3 Å². The van der Waals surface area contributed by atoms with Gasteiger partial charge >= 0.3 is 6.09 Å². The SMILES string of the molecule is Cc1cccc(C)c1NC(=O)OCc1ccccn1. The first kappa shape index (κ1) is 13.1. The molecule has 2 rings (SSSR count). The second-order valence-corrected chi connectivity index (χ2v) is 4.29. The zero-order chi connectivity index (χ0) is 13.7. The standard InChI is InChI=1S/C15H16N2O2/c1-11-6-5-7-12(2)14(11)17-15(18)19-10-13-8-3-4-9-16-13/h3-9H,10H2,1-2H3,(H,17,18). The van der Waals surface area contributed by atoms with E-state index in [9.17, 15) is 4.79 Å². The number of hydrogen-bond acceptors (Lipinski definition) is 3. The highest BCUT2D eigenvalue weighted by Crippen LogP contribution is 2.19. The molecule has 0 fully saturated rings. The molecule has 0 saturated heterocycles. The average Bonchev–Trinajstić information content (AvgIpc) is 2.42. The first-order chi connectivity index (χ1) is 9.16. The van der Waals surface area contributed by atoms with Gasteiger partial charge in [-0.2, -0.15) is 0 Å². The van der Waals surface area contributed by atoms with Crippen molar-refractivity contribution in [1.29, 1.82) is 0 Å². The Bertz CT molecular complexity index is 547. The fraction of sp³-hybridized carbons (Fsp3) is 0.200. The van der Waals surface area contributed by atoms with E-state index in [0.29, 0.717) is 0 Å². The summed E-state index contributed by atoms with van der Waals surface area (Å²) in [5.74, 6) is 0. The lowest BCUT2D eigenvalue weighted by molar-refractivity contribution is 0.153. The Kier molecular flexibility index (Phi) is 4.13. The van der Waals surface area contributed by atoms with Crippen LogP contribution in [0.2, 0.25) is 0 Å². The minimum atomic E-state index is -0.469. The monoisotopic (exact) mass is 256 g/mol. The van der Waals surface area contributed by atoms with Crippen molar-refractivity contribution in [3.05, 3.63) is 59.4 Å². The Labute approximate surface area is 112 Å². The Morgan fingerprint density at radius 2 is 1.89 bits per heavy atom. The van der Waals surface area contributed by atoms with Gasteiger partial charge in [-0.25, -0.2) is 4.79 Å². The number of hydrogen-bond donors (Lipinski definition) is 1. The van der Waals surface area contributed by atoms with E-state index >= 15 is 0 Å². The van der Waals surface area contributed by atoms with E-state index < -0.39 is 6.09 Å². The first-order valence-corrected chi connectivity index (χ1v) is 6.06. The molecule has 2 aromatic rings. The Hall–Kier alpha value is -2.36. The van der Waals surface area contributed by atoms with Crippen LogP contribution < -0.4 is 5.32 Å². The molecular formula is C15H16N2O2. The molecular weight excluding hydrogens is 240 g/mol. The molecule has 1 amide bonds. The number of para-hydroxylation sites is 1. The quantitative estimate of drug-likeness (QED) is 0.915. The lowest BCUT2D eigenvalue weighted by atomic mass is 10.1. The van der Waals surface area contributed by atoms with Crippen LogP contribution in [0.4, 0.5) is 10.5 Å². The third-order valence-corrected chi connectivity index (χ3v) is 2.79. The van der Waals surface area contributed by atoms with Gasteiger partial charge in [0, 0.05) is 11.9 Å². The smallest absolute Gasteiger partial charge is 0.412 e. The van der Waals surface area contributed by atoms with Gasteiger partial charge in [-0.15, -0.1) is 0 Å². The second-order valence-electron chi connectivity index (χ2n) is 4.29. The lowest BCUT2D eigenvalue weighted by Crippen LogP contribution is -2.15. The van der Waals surface area contributed by atoms with Crippen LogP contribution in [0.25, 0.3) is 0 Å². The summed E-state index contributed by atoms with van der Waals surface area (Å²) in [7, 11) is 0. The van der Waals surface area contributed by atoms with Crippen LogP contribution in [0.3, 0.4) is 0 Å². The summed E-state index contributed by atoms with van der Waals surface area (Å²) in [6, 6.07) is 11.3. The number of ether oxygens (including phenoxy) is 1. The fourth-order valence-electron chi connectivity index (χ4n) is 1.77. The third-order valence-electron chi connectivity index (χ3n) is 2.79. The van der Waals surface area contributed by atoms with E-state index in [-0.39, 0.29) is 6.61 Å². The topological polar surface area (TPSA) is 51.2 Å². The first-order valence-electron chi connectivity index (χ1n) is 6.06. The molecule has 0 bridgehead atoms. The normalized spacial score (nSPS) is 10.0. The number of nitrogens with one attached hydrogen (secondary N) is 1. The number of aromatic nitrogens is 1. The molecule has 4 nitrogen and oxygen atoms in total. The van der Waals surface area contributed by atoms with Crippen molar-refractivity contribution in [2.75, 3.05) is 5.32 Å². The van der Waals surface area contributed by atoms with Crippen molar-refractivity contribution >= 4 is 11.8 Å². The summed E-state index contributed by atoms with van der Waals surface area (Å²) in [5, 5.41) is 2.76. The minimum absolute atomic E-state index is 0.164. The highest BCUT2D eigenvalue weighted by molar-refractivity contribution is 5.86. The van der Waals surface area contributed by atoms with Crippen LogP contribution in [0.5, 0.6) is 0 Å². The molecule has 1 aromatic carbocycles. The number of carbonyl (C=O) groups excluding carboxylic acids is 1. The summed E-state index contributed by atoms with van der Waals surface area (Å²) < 4.78 is 5.13. The van der Waals surface area contributed by atoms with Gasteiger partial charge in [0.1, 0.15) is 6.61 Å². The average molecular weight is 256 g/mol. The van der Waals surface area contributed by atoms with E-state index in [1.807, 2.05) is 50.2 Å². The van der Waals surface area contributed by atoms with Crippen molar-refractivity contribution in [1.82, 2.24) is 4.98 Å². The molecule has 1 N–H and O–H groups in total. The number of carbonyl (C=O) groups is 1. The van der Waals surface area contributed by atoms with E-state index in [2.05, 4.69) is 10.3 Å². The number of aryl methyl sites for hydroxylation is 2. The molecule has 1 heterocycles. The lowest BCUT2D eigenvalue weighted by Gasteiger charge is -2.11. The van der Waals surface area contributed by atoms with E-state index in [4.69, 9.17) is 4.74 Å². The molecule has 1 aromatic heterocycles. The van der Waals surface area contributed by atoms with Crippen LogP contribution in [0.1, 0.15) is 16.8 Å². The number of amides is 1. The van der Waals surface area contributed by atoms with Crippen molar-refractivity contribution in [3.63, 3.8) is 0 Å². The number of pyridine rings is 1. The highest BCUT2D eigenvalue weighted by atomic mass is 16.5. The van der Waals surface area contributed by atoms with Crippen LogP contribution in [-0.2, 0) is 11.3 Å². The molecule has 0 radical (unpaired) electrons. The molecule has 4 heteroatoms. The second kappa shape index (κ2) is 6.00. The molecule has 19 heavy (non-hydrogen) atoms. The Morgan fingerprint density at radius 1 is 1.16 bits per heavy atom. The van der Waals surface area contributed by atoms with Gasteiger partial charge in [0.2, 0.25) is 0 Å².